The number of halogens is 1. The van der Waals surface area contributed by atoms with E-state index in [1.54, 1.807) is 12.1 Å². The highest BCUT2D eigenvalue weighted by molar-refractivity contribution is 5.72. The zero-order chi connectivity index (χ0) is 10.1. The number of nitrogens with one attached hydrogen (secondary N) is 1. The third-order valence-electron chi connectivity index (χ3n) is 2.06. The molecule has 0 saturated heterocycles. The fourth-order valence-corrected chi connectivity index (χ4v) is 1.34. The van der Waals surface area contributed by atoms with Crippen molar-refractivity contribution in [1.82, 2.24) is 10.2 Å². The topological polar surface area (TPSA) is 54.7 Å². The van der Waals surface area contributed by atoms with Crippen molar-refractivity contribution in [3.8, 4) is 11.3 Å². The fourth-order valence-electron chi connectivity index (χ4n) is 1.34. The molecule has 0 aliphatic carbocycles. The molecule has 0 aliphatic heterocycles. The van der Waals surface area contributed by atoms with Crippen LogP contribution in [-0.4, -0.2) is 10.2 Å². The number of nitrogens with two attached hydrogens (primary N) is 1. The summed E-state index contributed by atoms with van der Waals surface area (Å²) in [5, 5.41) is 6.43. The van der Waals surface area contributed by atoms with E-state index in [0.29, 0.717) is 16.9 Å². The Morgan fingerprint density at radius 1 is 1.43 bits per heavy atom. The van der Waals surface area contributed by atoms with Gasteiger partial charge in [0, 0.05) is 5.56 Å². The zero-order valence-electron chi connectivity index (χ0n) is 7.71. The third kappa shape index (κ3) is 1.35. The Morgan fingerprint density at radius 3 is 2.86 bits per heavy atom. The van der Waals surface area contributed by atoms with Gasteiger partial charge in [0.1, 0.15) is 5.82 Å². The van der Waals surface area contributed by atoms with Crippen LogP contribution in [0.1, 0.15) is 5.56 Å². The van der Waals surface area contributed by atoms with Gasteiger partial charge in [-0.3, -0.25) is 5.10 Å². The second-order valence-electron chi connectivity index (χ2n) is 3.18. The van der Waals surface area contributed by atoms with Crippen molar-refractivity contribution in [3.05, 3.63) is 35.8 Å². The molecule has 3 nitrogen and oxygen atoms in total. The number of hydrogen-bond acceptors (Lipinski definition) is 2. The van der Waals surface area contributed by atoms with Crippen LogP contribution in [0.25, 0.3) is 11.3 Å². The Morgan fingerprint density at radius 2 is 2.21 bits per heavy atom. The predicted octanol–water partition coefficient (Wildman–Crippen LogP) is 2.11. The maximum atomic E-state index is 13.4. The summed E-state index contributed by atoms with van der Waals surface area (Å²) in [5.74, 6) is -0.299. The molecule has 0 aliphatic rings. The molecule has 0 spiro atoms. The lowest BCUT2D eigenvalue weighted by Crippen LogP contribution is -1.90. The molecule has 4 heteroatoms. The predicted molar refractivity (Wildman–Crippen MR) is 53.1 cm³/mol. The van der Waals surface area contributed by atoms with E-state index in [4.69, 9.17) is 5.73 Å². The maximum absolute atomic E-state index is 13.4. The van der Waals surface area contributed by atoms with E-state index in [1.807, 2.05) is 6.92 Å². The second-order valence-corrected chi connectivity index (χ2v) is 3.18. The molecular weight excluding hydrogens is 181 g/mol. The largest absolute Gasteiger partial charge is 0.396 e. The highest BCUT2D eigenvalue weighted by Crippen LogP contribution is 2.26. The van der Waals surface area contributed by atoms with Crippen molar-refractivity contribution >= 4 is 5.69 Å². The first-order valence-electron chi connectivity index (χ1n) is 4.24. The van der Waals surface area contributed by atoms with Gasteiger partial charge in [0.05, 0.1) is 17.6 Å². The molecule has 2 aromatic rings. The first-order valence-corrected chi connectivity index (χ1v) is 4.24. The molecule has 0 bridgehead atoms. The molecule has 0 unspecified atom stereocenters. The number of benzene rings is 1. The quantitative estimate of drug-likeness (QED) is 0.725. The molecule has 1 aromatic carbocycles. The van der Waals surface area contributed by atoms with Crippen molar-refractivity contribution in [2.75, 3.05) is 5.73 Å². The lowest BCUT2D eigenvalue weighted by atomic mass is 10.1. The Kier molecular flexibility index (Phi) is 1.96. The normalized spacial score (nSPS) is 10.4. The molecule has 0 amide bonds. The number of anilines is 1. The van der Waals surface area contributed by atoms with E-state index in [1.165, 1.54) is 12.3 Å². The van der Waals surface area contributed by atoms with Gasteiger partial charge in [0.2, 0.25) is 0 Å². The molecule has 72 valence electrons. The lowest BCUT2D eigenvalue weighted by Gasteiger charge is -2.02. The van der Waals surface area contributed by atoms with Crippen LogP contribution in [-0.2, 0) is 0 Å². The molecule has 0 saturated carbocycles. The maximum Gasteiger partial charge on any atom is 0.132 e. The van der Waals surface area contributed by atoms with Gasteiger partial charge in [-0.15, -0.1) is 0 Å². The Labute approximate surface area is 80.8 Å². The van der Waals surface area contributed by atoms with Crippen molar-refractivity contribution in [2.24, 2.45) is 0 Å². The van der Waals surface area contributed by atoms with Gasteiger partial charge >= 0.3 is 0 Å². The smallest absolute Gasteiger partial charge is 0.132 e. The fraction of sp³-hybridized carbons (Fsp3) is 0.100. The van der Waals surface area contributed by atoms with Gasteiger partial charge in [-0.1, -0.05) is 11.6 Å². The van der Waals surface area contributed by atoms with Gasteiger partial charge in [-0.05, 0) is 19.1 Å². The summed E-state index contributed by atoms with van der Waals surface area (Å²) in [4.78, 5) is 0. The average molecular weight is 191 g/mol. The lowest BCUT2D eigenvalue weighted by molar-refractivity contribution is 0.630. The van der Waals surface area contributed by atoms with Gasteiger partial charge in [0.25, 0.3) is 0 Å². The molecule has 1 aromatic heterocycles. The first-order chi connectivity index (χ1) is 6.68. The number of aromatic amines is 1. The summed E-state index contributed by atoms with van der Waals surface area (Å²) in [7, 11) is 0. The van der Waals surface area contributed by atoms with Crippen LogP contribution >= 0.6 is 0 Å². The van der Waals surface area contributed by atoms with Crippen molar-refractivity contribution in [3.63, 3.8) is 0 Å². The molecule has 0 atom stereocenters. The minimum Gasteiger partial charge on any atom is -0.396 e. The van der Waals surface area contributed by atoms with Crippen LogP contribution < -0.4 is 5.73 Å². The monoisotopic (exact) mass is 191 g/mol. The number of nitrogen functional groups attached to an aromatic ring is 1. The van der Waals surface area contributed by atoms with Crippen molar-refractivity contribution in [2.45, 2.75) is 6.92 Å². The molecule has 3 N–H and O–H groups in total. The van der Waals surface area contributed by atoms with Crippen molar-refractivity contribution < 1.29 is 4.39 Å². The SMILES string of the molecule is Cc1ccc(F)c(-c2[nH]ncc2N)c1. The van der Waals surface area contributed by atoms with Crippen LogP contribution in [0.15, 0.2) is 24.4 Å². The van der Waals surface area contributed by atoms with Crippen LogP contribution in [0.3, 0.4) is 0 Å². The number of hydrogen-bond donors (Lipinski definition) is 2. The zero-order valence-corrected chi connectivity index (χ0v) is 7.71. The number of nitrogens with zero attached hydrogens (tertiary/aromatic N) is 1. The van der Waals surface area contributed by atoms with Gasteiger partial charge < -0.3 is 5.73 Å². The summed E-state index contributed by atoms with van der Waals surface area (Å²) in [6.45, 7) is 1.90. The van der Waals surface area contributed by atoms with E-state index in [0.717, 1.165) is 5.56 Å². The van der Waals surface area contributed by atoms with Crippen LogP contribution in [0.2, 0.25) is 0 Å². The minimum atomic E-state index is -0.299. The Balaban J connectivity index is 2.62. The van der Waals surface area contributed by atoms with Gasteiger partial charge in [-0.2, -0.15) is 5.10 Å². The minimum absolute atomic E-state index is 0.299. The molecule has 0 fully saturated rings. The van der Waals surface area contributed by atoms with Gasteiger partial charge in [0.15, 0.2) is 0 Å². The van der Waals surface area contributed by atoms with E-state index in [9.17, 15) is 4.39 Å². The van der Waals surface area contributed by atoms with Crippen LogP contribution in [0, 0.1) is 12.7 Å². The molecule has 14 heavy (non-hydrogen) atoms. The summed E-state index contributed by atoms with van der Waals surface area (Å²) >= 11 is 0. The van der Waals surface area contributed by atoms with E-state index in [-0.39, 0.29) is 5.82 Å². The molecular formula is C10H10FN3. The third-order valence-corrected chi connectivity index (χ3v) is 2.06. The van der Waals surface area contributed by atoms with Crippen LogP contribution in [0.5, 0.6) is 0 Å². The van der Waals surface area contributed by atoms with Crippen molar-refractivity contribution in [1.29, 1.82) is 0 Å². The molecule has 1 heterocycles. The van der Waals surface area contributed by atoms with E-state index in [2.05, 4.69) is 10.2 Å². The molecule has 0 radical (unpaired) electrons. The number of H-pyrrole nitrogens is 1. The second kappa shape index (κ2) is 3.14. The van der Waals surface area contributed by atoms with E-state index >= 15 is 0 Å². The summed E-state index contributed by atoms with van der Waals surface area (Å²) in [5.41, 5.74) is 8.06. The highest BCUT2D eigenvalue weighted by atomic mass is 19.1. The first kappa shape index (κ1) is 8.74. The van der Waals surface area contributed by atoms with E-state index < -0.39 is 0 Å². The number of aromatic nitrogens is 2. The van der Waals surface area contributed by atoms with Crippen LogP contribution in [0.4, 0.5) is 10.1 Å². The summed E-state index contributed by atoms with van der Waals surface area (Å²) in [6, 6.07) is 4.87. The summed E-state index contributed by atoms with van der Waals surface area (Å²) in [6.07, 6.45) is 1.47. The average Bonchev–Trinajstić information content (AvgIpc) is 2.56. The Bertz CT molecular complexity index is 462. The summed E-state index contributed by atoms with van der Waals surface area (Å²) < 4.78 is 13.4. The number of rotatable bonds is 1. The van der Waals surface area contributed by atoms with Gasteiger partial charge in [-0.25, -0.2) is 4.39 Å². The number of aryl methyl sites for hydroxylation is 1. The molecule has 2 rings (SSSR count). The Hall–Kier alpha value is -1.84. The standard InChI is InChI=1S/C10H10FN3/c1-6-2-3-8(11)7(4-6)10-9(12)5-13-14-10/h2-5H,12H2,1H3,(H,13,14). The highest BCUT2D eigenvalue weighted by Gasteiger charge is 2.09.